The summed E-state index contributed by atoms with van der Waals surface area (Å²) in [6.07, 6.45) is 5.70. The van der Waals surface area contributed by atoms with E-state index in [1.165, 1.54) is 24.5 Å². The Bertz CT molecular complexity index is 646. The van der Waals surface area contributed by atoms with Gasteiger partial charge in [-0.15, -0.1) is 0 Å². The van der Waals surface area contributed by atoms with Gasteiger partial charge in [-0.05, 0) is 12.1 Å². The molecule has 0 aliphatic heterocycles. The minimum atomic E-state index is -0.419. The van der Waals surface area contributed by atoms with Gasteiger partial charge in [0, 0.05) is 31.3 Å². The zero-order valence-electron chi connectivity index (χ0n) is 11.4. The van der Waals surface area contributed by atoms with E-state index in [1.54, 1.807) is 24.5 Å². The number of hydrogen-bond acceptors (Lipinski definition) is 6. The van der Waals surface area contributed by atoms with Gasteiger partial charge in [0.25, 0.3) is 5.91 Å². The SMILES string of the molecule is CN(CC(=O)Nc1ccncc1)C(=O)c1cncnc1N. The van der Waals surface area contributed by atoms with Crippen molar-refractivity contribution in [2.75, 3.05) is 24.6 Å². The van der Waals surface area contributed by atoms with Crippen LogP contribution in [-0.2, 0) is 4.79 Å². The molecule has 8 nitrogen and oxygen atoms in total. The quantitative estimate of drug-likeness (QED) is 0.827. The van der Waals surface area contributed by atoms with E-state index >= 15 is 0 Å². The smallest absolute Gasteiger partial charge is 0.259 e. The second-order valence-electron chi connectivity index (χ2n) is 4.27. The van der Waals surface area contributed by atoms with Gasteiger partial charge in [-0.25, -0.2) is 9.97 Å². The van der Waals surface area contributed by atoms with E-state index in [9.17, 15) is 9.59 Å². The highest BCUT2D eigenvalue weighted by Gasteiger charge is 2.18. The molecule has 0 radical (unpaired) electrons. The highest BCUT2D eigenvalue weighted by Crippen LogP contribution is 2.09. The van der Waals surface area contributed by atoms with E-state index in [0.717, 1.165) is 0 Å². The molecule has 21 heavy (non-hydrogen) atoms. The zero-order valence-corrected chi connectivity index (χ0v) is 11.4. The molecule has 0 unspecified atom stereocenters. The fraction of sp³-hybridized carbons (Fsp3) is 0.154. The number of nitrogens with two attached hydrogens (primary N) is 1. The predicted molar refractivity (Wildman–Crippen MR) is 76.3 cm³/mol. The summed E-state index contributed by atoms with van der Waals surface area (Å²) >= 11 is 0. The Morgan fingerprint density at radius 2 is 2.00 bits per heavy atom. The number of anilines is 2. The van der Waals surface area contributed by atoms with Crippen molar-refractivity contribution in [3.63, 3.8) is 0 Å². The van der Waals surface area contributed by atoms with E-state index in [0.29, 0.717) is 5.69 Å². The lowest BCUT2D eigenvalue weighted by Gasteiger charge is -2.17. The number of rotatable bonds is 4. The molecule has 0 atom stereocenters. The minimum absolute atomic E-state index is 0.0800. The first-order valence-electron chi connectivity index (χ1n) is 6.08. The fourth-order valence-corrected chi connectivity index (χ4v) is 1.63. The lowest BCUT2D eigenvalue weighted by molar-refractivity contribution is -0.116. The molecular weight excluding hydrogens is 272 g/mol. The van der Waals surface area contributed by atoms with Crippen molar-refractivity contribution in [2.24, 2.45) is 0 Å². The van der Waals surface area contributed by atoms with Crippen LogP contribution in [0, 0.1) is 0 Å². The van der Waals surface area contributed by atoms with Gasteiger partial charge >= 0.3 is 0 Å². The van der Waals surface area contributed by atoms with Gasteiger partial charge in [0.2, 0.25) is 5.91 Å². The fourth-order valence-electron chi connectivity index (χ4n) is 1.63. The third kappa shape index (κ3) is 3.72. The van der Waals surface area contributed by atoms with Crippen LogP contribution in [0.4, 0.5) is 11.5 Å². The molecule has 2 amide bonds. The van der Waals surface area contributed by atoms with Crippen molar-refractivity contribution in [3.8, 4) is 0 Å². The molecule has 2 rings (SSSR count). The molecule has 2 aromatic rings. The molecule has 0 fully saturated rings. The van der Waals surface area contributed by atoms with Crippen LogP contribution in [0.2, 0.25) is 0 Å². The Balaban J connectivity index is 1.98. The average Bonchev–Trinajstić information content (AvgIpc) is 2.48. The third-order valence-electron chi connectivity index (χ3n) is 2.67. The standard InChI is InChI=1S/C13H14N6O2/c1-19(13(21)10-6-16-8-17-12(10)14)7-11(20)18-9-2-4-15-5-3-9/h2-6,8H,7H2,1H3,(H2,14,16,17)(H,15,18,20). The van der Waals surface area contributed by atoms with Gasteiger partial charge in [-0.3, -0.25) is 14.6 Å². The molecule has 0 aromatic carbocycles. The van der Waals surface area contributed by atoms with Crippen LogP contribution in [0.1, 0.15) is 10.4 Å². The molecule has 2 heterocycles. The van der Waals surface area contributed by atoms with Gasteiger partial charge in [0.1, 0.15) is 12.1 Å². The molecular formula is C13H14N6O2. The van der Waals surface area contributed by atoms with Gasteiger partial charge < -0.3 is 16.0 Å². The molecule has 2 aromatic heterocycles. The Morgan fingerprint density at radius 3 is 2.67 bits per heavy atom. The van der Waals surface area contributed by atoms with Gasteiger partial charge in [-0.1, -0.05) is 0 Å². The van der Waals surface area contributed by atoms with Gasteiger partial charge in [0.15, 0.2) is 0 Å². The number of amides is 2. The van der Waals surface area contributed by atoms with Crippen LogP contribution < -0.4 is 11.1 Å². The molecule has 108 valence electrons. The first kappa shape index (κ1) is 14.4. The summed E-state index contributed by atoms with van der Waals surface area (Å²) in [6, 6.07) is 3.31. The maximum absolute atomic E-state index is 12.1. The number of nitrogen functional groups attached to an aromatic ring is 1. The highest BCUT2D eigenvalue weighted by molar-refractivity contribution is 6.01. The molecule has 0 saturated carbocycles. The number of nitrogens with zero attached hydrogens (tertiary/aromatic N) is 4. The van der Waals surface area contributed by atoms with Crippen LogP contribution in [0.3, 0.4) is 0 Å². The summed E-state index contributed by atoms with van der Waals surface area (Å²) < 4.78 is 0. The summed E-state index contributed by atoms with van der Waals surface area (Å²) in [5.74, 6) is -0.665. The Morgan fingerprint density at radius 1 is 1.29 bits per heavy atom. The Kier molecular flexibility index (Phi) is 4.39. The largest absolute Gasteiger partial charge is 0.383 e. The summed E-state index contributed by atoms with van der Waals surface area (Å²) in [6.45, 7) is -0.116. The number of hydrogen-bond donors (Lipinski definition) is 2. The third-order valence-corrected chi connectivity index (χ3v) is 2.67. The minimum Gasteiger partial charge on any atom is -0.383 e. The van der Waals surface area contributed by atoms with Crippen LogP contribution in [0.15, 0.2) is 37.1 Å². The molecule has 8 heteroatoms. The van der Waals surface area contributed by atoms with Crippen molar-refractivity contribution < 1.29 is 9.59 Å². The molecule has 0 saturated heterocycles. The number of carbonyl (C=O) groups excluding carboxylic acids is 2. The Hall–Kier alpha value is -3.03. The highest BCUT2D eigenvalue weighted by atomic mass is 16.2. The molecule has 0 spiro atoms. The van der Waals surface area contributed by atoms with Crippen molar-refractivity contribution in [3.05, 3.63) is 42.6 Å². The van der Waals surface area contributed by atoms with Gasteiger partial charge in [0.05, 0.1) is 12.1 Å². The van der Waals surface area contributed by atoms with E-state index in [2.05, 4.69) is 20.3 Å². The second kappa shape index (κ2) is 6.42. The number of likely N-dealkylation sites (N-methyl/N-ethyl adjacent to an activating group) is 1. The molecule has 0 bridgehead atoms. The summed E-state index contributed by atoms with van der Waals surface area (Å²) in [4.78, 5) is 36.6. The number of nitrogens with one attached hydrogen (secondary N) is 1. The van der Waals surface area contributed by atoms with Crippen LogP contribution >= 0.6 is 0 Å². The summed E-state index contributed by atoms with van der Waals surface area (Å²) in [5.41, 5.74) is 6.38. The van der Waals surface area contributed by atoms with E-state index in [1.807, 2.05) is 0 Å². The van der Waals surface area contributed by atoms with E-state index < -0.39 is 5.91 Å². The van der Waals surface area contributed by atoms with Crippen molar-refractivity contribution in [1.29, 1.82) is 0 Å². The number of carbonyl (C=O) groups is 2. The zero-order chi connectivity index (χ0) is 15.2. The van der Waals surface area contributed by atoms with Crippen molar-refractivity contribution >= 4 is 23.3 Å². The molecule has 0 aliphatic carbocycles. The first-order chi connectivity index (χ1) is 10.1. The summed E-state index contributed by atoms with van der Waals surface area (Å²) in [5, 5.41) is 2.66. The maximum Gasteiger partial charge on any atom is 0.259 e. The molecule has 0 aliphatic rings. The predicted octanol–water partition coefficient (Wildman–Crippen LogP) is 0.164. The molecule has 3 N–H and O–H groups in total. The van der Waals surface area contributed by atoms with Crippen LogP contribution in [-0.4, -0.2) is 45.3 Å². The Labute approximate surface area is 121 Å². The maximum atomic E-state index is 12.1. The normalized spacial score (nSPS) is 9.95. The lowest BCUT2D eigenvalue weighted by Crippen LogP contribution is -2.35. The monoisotopic (exact) mass is 286 g/mol. The average molecular weight is 286 g/mol. The summed E-state index contributed by atoms with van der Waals surface area (Å²) in [7, 11) is 1.50. The van der Waals surface area contributed by atoms with Crippen LogP contribution in [0.25, 0.3) is 0 Å². The van der Waals surface area contributed by atoms with E-state index in [4.69, 9.17) is 5.73 Å². The van der Waals surface area contributed by atoms with Gasteiger partial charge in [-0.2, -0.15) is 0 Å². The topological polar surface area (TPSA) is 114 Å². The van der Waals surface area contributed by atoms with Crippen molar-refractivity contribution in [1.82, 2.24) is 19.9 Å². The number of pyridine rings is 1. The lowest BCUT2D eigenvalue weighted by atomic mass is 10.2. The first-order valence-corrected chi connectivity index (χ1v) is 6.08. The van der Waals surface area contributed by atoms with Crippen LogP contribution in [0.5, 0.6) is 0 Å². The second-order valence-corrected chi connectivity index (χ2v) is 4.27. The number of aromatic nitrogens is 3. The van der Waals surface area contributed by atoms with Crippen molar-refractivity contribution in [2.45, 2.75) is 0 Å². The van der Waals surface area contributed by atoms with E-state index in [-0.39, 0.29) is 23.8 Å².